The quantitative estimate of drug-likeness (QED) is 0.302. The van der Waals surface area contributed by atoms with Gasteiger partial charge in [0.15, 0.2) is 0 Å². The van der Waals surface area contributed by atoms with Crippen molar-refractivity contribution >= 4 is 3.21 Å². The third kappa shape index (κ3) is 6.98. The second-order valence-corrected chi connectivity index (χ2v) is 9.49. The van der Waals surface area contributed by atoms with Crippen LogP contribution in [0.2, 0.25) is 0 Å². The number of rotatable bonds is 1. The molecule has 3 aromatic carbocycles. The predicted molar refractivity (Wildman–Crippen MR) is 114 cm³/mol. The van der Waals surface area contributed by atoms with Crippen molar-refractivity contribution in [1.82, 2.24) is 0 Å². The summed E-state index contributed by atoms with van der Waals surface area (Å²) in [5, 5.41) is 0. The molecule has 0 saturated heterocycles. The van der Waals surface area contributed by atoms with Gasteiger partial charge in [0.05, 0.1) is 0 Å². The van der Waals surface area contributed by atoms with Crippen LogP contribution in [-0.4, -0.2) is 3.21 Å². The van der Waals surface area contributed by atoms with Gasteiger partial charge in [-0.15, -0.1) is 23.3 Å². The molecule has 1 aliphatic carbocycles. The monoisotopic (exact) mass is 512 g/mol. The first kappa shape index (κ1) is 26.4. The number of halogens is 2. The Balaban J connectivity index is 0.000000244. The van der Waals surface area contributed by atoms with Gasteiger partial charge in [0.25, 0.3) is 0 Å². The molecule has 0 aliphatic heterocycles. The summed E-state index contributed by atoms with van der Waals surface area (Å²) in [4.78, 5) is 0. The van der Waals surface area contributed by atoms with E-state index < -0.39 is 0 Å². The van der Waals surface area contributed by atoms with Gasteiger partial charge in [-0.25, -0.2) is 0 Å². The van der Waals surface area contributed by atoms with Crippen LogP contribution < -0.4 is 24.8 Å². The molecule has 0 atom stereocenters. The number of hydrogen-bond acceptors (Lipinski definition) is 1. The van der Waals surface area contributed by atoms with Gasteiger partial charge in [0.2, 0.25) is 0 Å². The van der Waals surface area contributed by atoms with E-state index in [4.69, 9.17) is 4.42 Å². The van der Waals surface area contributed by atoms with Crippen molar-refractivity contribution in [1.29, 1.82) is 0 Å². The van der Waals surface area contributed by atoms with Crippen molar-refractivity contribution in [3.05, 3.63) is 102 Å². The smallest absolute Gasteiger partial charge is 0.0471 e. The molecule has 0 radical (unpaired) electrons. The second-order valence-electron chi connectivity index (χ2n) is 7.03. The first-order valence-electron chi connectivity index (χ1n) is 9.40. The van der Waals surface area contributed by atoms with Gasteiger partial charge >= 0.3 is 41.3 Å². The molecule has 1 heterocycles. The Morgan fingerprint density at radius 3 is 2.30 bits per heavy atom. The SMILES string of the molecule is C[C](C)=[Zr+2].Cc1ccc[c-]1-c1ccoc1.[Cl-].[Cl-].[c-]1cccc2c1Cc1ccccc1-2. The summed E-state index contributed by atoms with van der Waals surface area (Å²) in [5.74, 6) is 0. The van der Waals surface area contributed by atoms with Gasteiger partial charge in [0.1, 0.15) is 0 Å². The Hall–Kier alpha value is -1.60. The zero-order chi connectivity index (χ0) is 19.9. The number of aryl methyl sites for hydroxylation is 1. The zero-order valence-electron chi connectivity index (χ0n) is 17.4. The molecule has 1 aliphatic rings. The fourth-order valence-electron chi connectivity index (χ4n) is 3.25. The van der Waals surface area contributed by atoms with E-state index in [0.717, 1.165) is 12.0 Å². The van der Waals surface area contributed by atoms with E-state index in [1.807, 2.05) is 12.1 Å². The van der Waals surface area contributed by atoms with Gasteiger partial charge in [0, 0.05) is 12.5 Å². The van der Waals surface area contributed by atoms with Crippen LogP contribution in [0.4, 0.5) is 0 Å². The Kier molecular flexibility index (Phi) is 11.4. The molecule has 0 bridgehead atoms. The van der Waals surface area contributed by atoms with Crippen molar-refractivity contribution in [3.8, 4) is 22.3 Å². The third-order valence-electron chi connectivity index (χ3n) is 4.48. The zero-order valence-corrected chi connectivity index (χ0v) is 21.3. The summed E-state index contributed by atoms with van der Waals surface area (Å²) in [6, 6.07) is 26.3. The number of benzene rings is 2. The van der Waals surface area contributed by atoms with E-state index >= 15 is 0 Å². The molecule has 30 heavy (non-hydrogen) atoms. The Morgan fingerprint density at radius 1 is 0.967 bits per heavy atom. The van der Waals surface area contributed by atoms with Gasteiger partial charge in [-0.1, -0.05) is 59.5 Å². The van der Waals surface area contributed by atoms with Crippen molar-refractivity contribution in [2.24, 2.45) is 0 Å². The third-order valence-corrected chi connectivity index (χ3v) is 4.48. The number of furan rings is 1. The predicted octanol–water partition coefficient (Wildman–Crippen LogP) is 0.785. The van der Waals surface area contributed by atoms with Crippen molar-refractivity contribution in [2.75, 3.05) is 0 Å². The van der Waals surface area contributed by atoms with Crippen molar-refractivity contribution < 1.29 is 53.5 Å². The maximum atomic E-state index is 4.99. The molecular weight excluding hydrogens is 490 g/mol. The Labute approximate surface area is 207 Å². The normalized spacial score (nSPS) is 10.0. The average molecular weight is 515 g/mol. The molecule has 154 valence electrons. The molecule has 1 nitrogen and oxygen atoms in total. The van der Waals surface area contributed by atoms with Crippen LogP contribution >= 0.6 is 0 Å². The molecule has 0 amide bonds. The van der Waals surface area contributed by atoms with Gasteiger partial charge < -0.3 is 29.2 Å². The number of hydrogen-bond donors (Lipinski definition) is 0. The summed E-state index contributed by atoms with van der Waals surface area (Å²) in [6.45, 7) is 6.35. The van der Waals surface area contributed by atoms with Gasteiger partial charge in [-0.3, -0.25) is 0 Å². The van der Waals surface area contributed by atoms with Crippen molar-refractivity contribution in [3.63, 3.8) is 0 Å². The summed E-state index contributed by atoms with van der Waals surface area (Å²) in [7, 11) is 0. The fourth-order valence-corrected chi connectivity index (χ4v) is 3.25. The molecule has 0 fully saturated rings. The van der Waals surface area contributed by atoms with Crippen molar-refractivity contribution in [2.45, 2.75) is 27.2 Å². The van der Waals surface area contributed by atoms with Gasteiger partial charge in [-0.05, 0) is 6.42 Å². The van der Waals surface area contributed by atoms with Crippen LogP contribution in [0.15, 0.2) is 83.7 Å². The first-order chi connectivity index (χ1) is 13.6. The van der Waals surface area contributed by atoms with E-state index in [9.17, 15) is 0 Å². The molecular formula is C26H24Cl2OZr-2. The summed E-state index contributed by atoms with van der Waals surface area (Å²) < 4.78 is 6.50. The maximum absolute atomic E-state index is 4.99. The standard InChI is InChI=1S/C13H9.C10H9O.C3H6.2ClH.Zr/c1-3-7-12-10(5-1)9-11-6-2-4-8-13(11)12;1-8-3-2-4-10(8)9-5-6-11-7-9;1-3-2;;;/h1-5,7-8H,9H2;2-7H,1H3;1-2H3;2*1H;/q2*-1;;;;+2/p-2. The molecule has 0 saturated carbocycles. The van der Waals surface area contributed by atoms with E-state index in [1.165, 1.54) is 36.6 Å². The summed E-state index contributed by atoms with van der Waals surface area (Å²) in [6.07, 6.45) is 4.51. The molecule has 4 heteroatoms. The van der Waals surface area contributed by atoms with Crippen LogP contribution in [-0.2, 0) is 30.7 Å². The summed E-state index contributed by atoms with van der Waals surface area (Å²) in [5.41, 5.74) is 9.23. The minimum absolute atomic E-state index is 0. The van der Waals surface area contributed by atoms with E-state index in [1.54, 1.807) is 36.8 Å². The molecule has 0 unspecified atom stereocenters. The molecule has 1 aromatic heterocycles. The molecule has 0 spiro atoms. The molecule has 5 rings (SSSR count). The van der Waals surface area contributed by atoms with E-state index in [2.05, 4.69) is 81.4 Å². The van der Waals surface area contributed by atoms with Crippen LogP contribution in [0.25, 0.3) is 22.3 Å². The largest absolute Gasteiger partial charge is 1.00 e. The first-order valence-corrected chi connectivity index (χ1v) is 10.6. The maximum Gasteiger partial charge on any atom is 0.0471 e. The second kappa shape index (κ2) is 13.0. The Morgan fingerprint density at radius 2 is 1.67 bits per heavy atom. The molecule has 4 aromatic rings. The van der Waals surface area contributed by atoms with Crippen LogP contribution in [0.5, 0.6) is 0 Å². The molecule has 0 N–H and O–H groups in total. The van der Waals surface area contributed by atoms with Crippen LogP contribution in [0, 0.1) is 13.0 Å². The van der Waals surface area contributed by atoms with Crippen LogP contribution in [0.1, 0.15) is 30.5 Å². The average Bonchev–Trinajstić information content (AvgIpc) is 3.41. The topological polar surface area (TPSA) is 13.1 Å². The van der Waals surface area contributed by atoms with E-state index in [0.29, 0.717) is 0 Å². The van der Waals surface area contributed by atoms with Crippen LogP contribution in [0.3, 0.4) is 0 Å². The Bertz CT molecular complexity index is 1000. The summed E-state index contributed by atoms with van der Waals surface area (Å²) >= 11 is 1.55. The minimum atomic E-state index is 0. The van der Waals surface area contributed by atoms with E-state index in [-0.39, 0.29) is 24.8 Å². The number of fused-ring (bicyclic) bond motifs is 3. The minimum Gasteiger partial charge on any atom is -1.00 e. The fraction of sp³-hybridized carbons (Fsp3) is 0.154. The van der Waals surface area contributed by atoms with Gasteiger partial charge in [-0.2, -0.15) is 35.9 Å².